The van der Waals surface area contributed by atoms with E-state index in [1.807, 2.05) is 35.7 Å². The van der Waals surface area contributed by atoms with Crippen molar-refractivity contribution < 1.29 is 9.59 Å². The van der Waals surface area contributed by atoms with Gasteiger partial charge in [-0.3, -0.25) is 9.59 Å². The molecule has 1 saturated heterocycles. The molecule has 0 aliphatic carbocycles. The topological polar surface area (TPSA) is 53.5 Å². The number of piperazine rings is 1. The van der Waals surface area contributed by atoms with Gasteiger partial charge in [-0.1, -0.05) is 30.3 Å². The van der Waals surface area contributed by atoms with Crippen molar-refractivity contribution in [1.29, 1.82) is 0 Å². The van der Waals surface area contributed by atoms with Crippen LogP contribution in [0.4, 0.5) is 0 Å². The predicted octanol–water partition coefficient (Wildman–Crippen LogP) is 1.90. The molecule has 6 heteroatoms. The van der Waals surface area contributed by atoms with Crippen LogP contribution >= 0.6 is 11.3 Å². The SMILES string of the molecule is C[C@@H]1C(=O)N(Cc2ccccc2)CC(=O)N1Cc1nccs1. The van der Waals surface area contributed by atoms with Crippen LogP contribution in [0.15, 0.2) is 41.9 Å². The fourth-order valence-corrected chi connectivity index (χ4v) is 3.20. The van der Waals surface area contributed by atoms with Gasteiger partial charge in [0.05, 0.1) is 6.54 Å². The molecule has 1 aromatic carbocycles. The van der Waals surface area contributed by atoms with Gasteiger partial charge in [-0.2, -0.15) is 0 Å². The Morgan fingerprint density at radius 2 is 2.00 bits per heavy atom. The average Bonchev–Trinajstić information content (AvgIpc) is 3.03. The van der Waals surface area contributed by atoms with Crippen LogP contribution in [-0.4, -0.2) is 39.2 Å². The molecule has 0 N–H and O–H groups in total. The van der Waals surface area contributed by atoms with E-state index in [0.717, 1.165) is 10.6 Å². The van der Waals surface area contributed by atoms with Crippen molar-refractivity contribution in [2.24, 2.45) is 0 Å². The fourth-order valence-electron chi connectivity index (χ4n) is 2.59. The van der Waals surface area contributed by atoms with Crippen LogP contribution in [0.1, 0.15) is 17.5 Å². The minimum Gasteiger partial charge on any atom is -0.327 e. The van der Waals surface area contributed by atoms with E-state index in [0.29, 0.717) is 13.1 Å². The van der Waals surface area contributed by atoms with Gasteiger partial charge in [0.2, 0.25) is 11.8 Å². The van der Waals surface area contributed by atoms with E-state index >= 15 is 0 Å². The van der Waals surface area contributed by atoms with Gasteiger partial charge in [-0.15, -0.1) is 11.3 Å². The summed E-state index contributed by atoms with van der Waals surface area (Å²) in [4.78, 5) is 32.3. The molecular formula is C16H17N3O2S. The smallest absolute Gasteiger partial charge is 0.245 e. The molecule has 5 nitrogen and oxygen atoms in total. The molecule has 0 bridgehead atoms. The molecular weight excluding hydrogens is 298 g/mol. The Balaban J connectivity index is 1.71. The van der Waals surface area contributed by atoms with Crippen molar-refractivity contribution in [3.05, 3.63) is 52.5 Å². The summed E-state index contributed by atoms with van der Waals surface area (Å²) in [5.41, 5.74) is 1.03. The Labute approximate surface area is 133 Å². The van der Waals surface area contributed by atoms with E-state index in [1.54, 1.807) is 22.9 Å². The molecule has 22 heavy (non-hydrogen) atoms. The normalized spacial score (nSPS) is 18.9. The van der Waals surface area contributed by atoms with Gasteiger partial charge in [0, 0.05) is 18.1 Å². The molecule has 1 aliphatic heterocycles. The number of nitrogens with zero attached hydrogens (tertiary/aromatic N) is 3. The molecule has 2 heterocycles. The first-order valence-corrected chi connectivity index (χ1v) is 8.03. The summed E-state index contributed by atoms with van der Waals surface area (Å²) < 4.78 is 0. The molecule has 1 aromatic heterocycles. The van der Waals surface area contributed by atoms with Crippen LogP contribution in [0.25, 0.3) is 0 Å². The number of carbonyl (C=O) groups excluding carboxylic acids is 2. The minimum atomic E-state index is -0.450. The van der Waals surface area contributed by atoms with E-state index in [2.05, 4.69) is 4.98 Å². The number of amides is 2. The molecule has 1 atom stereocenters. The molecule has 0 saturated carbocycles. The van der Waals surface area contributed by atoms with Gasteiger partial charge in [0.15, 0.2) is 0 Å². The van der Waals surface area contributed by atoms with Gasteiger partial charge >= 0.3 is 0 Å². The first-order valence-electron chi connectivity index (χ1n) is 7.15. The molecule has 1 aliphatic rings. The monoisotopic (exact) mass is 315 g/mol. The zero-order valence-corrected chi connectivity index (χ0v) is 13.1. The molecule has 114 valence electrons. The number of carbonyl (C=O) groups is 2. The maximum absolute atomic E-state index is 12.5. The Morgan fingerprint density at radius 3 is 2.68 bits per heavy atom. The van der Waals surface area contributed by atoms with Crippen LogP contribution in [0, 0.1) is 0 Å². The second-order valence-electron chi connectivity index (χ2n) is 5.30. The minimum absolute atomic E-state index is 0.0139. The third kappa shape index (κ3) is 3.01. The van der Waals surface area contributed by atoms with Gasteiger partial charge in [0.1, 0.15) is 17.6 Å². The first-order chi connectivity index (χ1) is 10.6. The lowest BCUT2D eigenvalue weighted by Crippen LogP contribution is -2.57. The summed E-state index contributed by atoms with van der Waals surface area (Å²) in [5, 5.41) is 2.72. The van der Waals surface area contributed by atoms with E-state index in [4.69, 9.17) is 0 Å². The number of hydrogen-bond acceptors (Lipinski definition) is 4. The zero-order chi connectivity index (χ0) is 15.5. The molecule has 0 radical (unpaired) electrons. The van der Waals surface area contributed by atoms with E-state index in [1.165, 1.54) is 11.3 Å². The average molecular weight is 315 g/mol. The fraction of sp³-hybridized carbons (Fsp3) is 0.312. The highest BCUT2D eigenvalue weighted by Gasteiger charge is 2.36. The maximum atomic E-state index is 12.5. The van der Waals surface area contributed by atoms with Crippen LogP contribution in [0.2, 0.25) is 0 Å². The summed E-state index contributed by atoms with van der Waals surface area (Å²) in [6, 6.07) is 9.28. The van der Waals surface area contributed by atoms with Crippen LogP contribution in [-0.2, 0) is 22.7 Å². The Bertz CT molecular complexity index is 657. The van der Waals surface area contributed by atoms with Crippen LogP contribution in [0.5, 0.6) is 0 Å². The molecule has 2 amide bonds. The van der Waals surface area contributed by atoms with Crippen molar-refractivity contribution in [2.45, 2.75) is 26.1 Å². The number of thiazole rings is 1. The Hall–Kier alpha value is -2.21. The van der Waals surface area contributed by atoms with Crippen molar-refractivity contribution in [1.82, 2.24) is 14.8 Å². The van der Waals surface area contributed by atoms with Crippen molar-refractivity contribution >= 4 is 23.2 Å². The van der Waals surface area contributed by atoms with Gasteiger partial charge in [-0.05, 0) is 12.5 Å². The quantitative estimate of drug-likeness (QED) is 0.866. The second-order valence-corrected chi connectivity index (χ2v) is 6.28. The van der Waals surface area contributed by atoms with Gasteiger partial charge < -0.3 is 9.80 Å². The zero-order valence-electron chi connectivity index (χ0n) is 12.3. The number of rotatable bonds is 4. The van der Waals surface area contributed by atoms with Gasteiger partial charge in [0.25, 0.3) is 0 Å². The van der Waals surface area contributed by atoms with Crippen molar-refractivity contribution in [3.63, 3.8) is 0 Å². The number of benzene rings is 1. The lowest BCUT2D eigenvalue weighted by atomic mass is 10.1. The molecule has 3 rings (SSSR count). The molecule has 0 unspecified atom stereocenters. The van der Waals surface area contributed by atoms with Crippen molar-refractivity contribution in [2.75, 3.05) is 6.54 Å². The third-order valence-corrected chi connectivity index (χ3v) is 4.55. The highest BCUT2D eigenvalue weighted by Crippen LogP contribution is 2.19. The molecule has 0 spiro atoms. The highest BCUT2D eigenvalue weighted by molar-refractivity contribution is 7.09. The highest BCUT2D eigenvalue weighted by atomic mass is 32.1. The lowest BCUT2D eigenvalue weighted by molar-refractivity contribution is -0.156. The van der Waals surface area contributed by atoms with Crippen LogP contribution < -0.4 is 0 Å². The van der Waals surface area contributed by atoms with E-state index < -0.39 is 6.04 Å². The largest absolute Gasteiger partial charge is 0.327 e. The Morgan fingerprint density at radius 1 is 1.23 bits per heavy atom. The van der Waals surface area contributed by atoms with Crippen LogP contribution in [0.3, 0.4) is 0 Å². The number of hydrogen-bond donors (Lipinski definition) is 0. The summed E-state index contributed by atoms with van der Waals surface area (Å²) in [6.45, 7) is 2.79. The summed E-state index contributed by atoms with van der Waals surface area (Å²) >= 11 is 1.50. The molecule has 1 fully saturated rings. The summed E-state index contributed by atoms with van der Waals surface area (Å²) in [5.74, 6) is -0.0433. The standard InChI is InChI=1S/C16H17N3O2S/c1-12-16(21)18(9-13-5-3-2-4-6-13)11-15(20)19(12)10-14-17-7-8-22-14/h2-8,12H,9-11H2,1H3/t12-/m1/s1. The van der Waals surface area contributed by atoms with Crippen molar-refractivity contribution in [3.8, 4) is 0 Å². The number of aromatic nitrogens is 1. The maximum Gasteiger partial charge on any atom is 0.245 e. The third-order valence-electron chi connectivity index (χ3n) is 3.79. The lowest BCUT2D eigenvalue weighted by Gasteiger charge is -2.38. The Kier molecular flexibility index (Phi) is 4.20. The first kappa shape index (κ1) is 14.7. The predicted molar refractivity (Wildman–Crippen MR) is 84.0 cm³/mol. The summed E-state index contributed by atoms with van der Waals surface area (Å²) in [7, 11) is 0. The second kappa shape index (κ2) is 6.27. The summed E-state index contributed by atoms with van der Waals surface area (Å²) in [6.07, 6.45) is 1.71. The van der Waals surface area contributed by atoms with E-state index in [9.17, 15) is 9.59 Å². The van der Waals surface area contributed by atoms with Gasteiger partial charge in [-0.25, -0.2) is 4.98 Å². The molecule has 2 aromatic rings. The van der Waals surface area contributed by atoms with E-state index in [-0.39, 0.29) is 18.4 Å².